The van der Waals surface area contributed by atoms with Crippen LogP contribution < -0.4 is 5.32 Å². The second kappa shape index (κ2) is 6.72. The zero-order valence-corrected chi connectivity index (χ0v) is 15.8. The molecule has 2 aliphatic rings. The van der Waals surface area contributed by atoms with Crippen molar-refractivity contribution in [3.8, 4) is 11.3 Å². The van der Waals surface area contributed by atoms with Crippen molar-refractivity contribution < 1.29 is 9.59 Å². The molecule has 0 spiro atoms. The number of hydrogen-bond donors (Lipinski definition) is 1. The van der Waals surface area contributed by atoms with Gasteiger partial charge in [-0.2, -0.15) is 0 Å². The van der Waals surface area contributed by atoms with E-state index in [1.807, 2.05) is 17.0 Å². The Balaban J connectivity index is 1.56. The molecular formula is C19H22N4O2S. The van der Waals surface area contributed by atoms with Crippen LogP contribution in [0.4, 0.5) is 10.5 Å². The van der Waals surface area contributed by atoms with Crippen molar-refractivity contribution in [2.24, 2.45) is 0 Å². The lowest BCUT2D eigenvalue weighted by molar-refractivity contribution is -0.130. The van der Waals surface area contributed by atoms with Crippen molar-refractivity contribution in [1.29, 1.82) is 0 Å². The van der Waals surface area contributed by atoms with Gasteiger partial charge in [-0.25, -0.2) is 9.78 Å². The summed E-state index contributed by atoms with van der Waals surface area (Å²) in [5.74, 6) is 0.474. The molecule has 4 rings (SSSR count). The fraction of sp³-hybridized carbons (Fsp3) is 0.421. The normalized spacial score (nSPS) is 19.9. The number of carbonyl (C=O) groups is 2. The van der Waals surface area contributed by atoms with Crippen LogP contribution in [0.5, 0.6) is 0 Å². The third-order valence-electron chi connectivity index (χ3n) is 5.13. The van der Waals surface area contributed by atoms with Crippen molar-refractivity contribution in [2.75, 3.05) is 25.5 Å². The predicted molar refractivity (Wildman–Crippen MR) is 102 cm³/mol. The van der Waals surface area contributed by atoms with Crippen LogP contribution in [-0.2, 0) is 11.3 Å². The molecule has 0 aliphatic carbocycles. The number of rotatable bonds is 2. The highest BCUT2D eigenvalue weighted by atomic mass is 32.1. The molecule has 26 heavy (non-hydrogen) atoms. The number of aromatic nitrogens is 1. The van der Waals surface area contributed by atoms with Crippen molar-refractivity contribution >= 4 is 29.0 Å². The minimum absolute atomic E-state index is 0.0754. The summed E-state index contributed by atoms with van der Waals surface area (Å²) in [6.07, 6.45) is 2.11. The Morgan fingerprint density at radius 2 is 2.23 bits per heavy atom. The average molecular weight is 370 g/mol. The van der Waals surface area contributed by atoms with Gasteiger partial charge in [0.05, 0.1) is 10.7 Å². The molecule has 2 aliphatic heterocycles. The summed E-state index contributed by atoms with van der Waals surface area (Å²) in [6, 6.07) is 5.99. The van der Waals surface area contributed by atoms with Crippen LogP contribution in [0.3, 0.4) is 0 Å². The zero-order valence-electron chi connectivity index (χ0n) is 15.0. The summed E-state index contributed by atoms with van der Waals surface area (Å²) < 4.78 is 0. The molecule has 7 heteroatoms. The standard InChI is InChI=1S/C19H22N4O2S/c1-12(24)23-7-3-4-14(10-23)18-20-17(11-26-18)13-5-6-16-15(8-13)9-22(2)19(25)21-16/h5-6,8,11,14H,3-4,7,9-10H2,1-2H3,(H,21,25). The molecule has 1 N–H and O–H groups in total. The van der Waals surface area contributed by atoms with E-state index in [0.717, 1.165) is 53.4 Å². The van der Waals surface area contributed by atoms with E-state index in [1.165, 1.54) is 0 Å². The number of likely N-dealkylation sites (tertiary alicyclic amines) is 1. The number of thiazole rings is 1. The summed E-state index contributed by atoms with van der Waals surface area (Å²) in [4.78, 5) is 31.9. The van der Waals surface area contributed by atoms with Crippen molar-refractivity contribution in [1.82, 2.24) is 14.8 Å². The Morgan fingerprint density at radius 3 is 3.04 bits per heavy atom. The lowest BCUT2D eigenvalue weighted by Crippen LogP contribution is -2.37. The second-order valence-electron chi connectivity index (χ2n) is 7.03. The van der Waals surface area contributed by atoms with Crippen molar-refractivity contribution in [2.45, 2.75) is 32.2 Å². The topological polar surface area (TPSA) is 65.5 Å². The van der Waals surface area contributed by atoms with Crippen LogP contribution >= 0.6 is 11.3 Å². The average Bonchev–Trinajstić information content (AvgIpc) is 3.12. The molecule has 1 fully saturated rings. The highest BCUT2D eigenvalue weighted by Gasteiger charge is 2.25. The lowest BCUT2D eigenvalue weighted by Gasteiger charge is -2.30. The number of urea groups is 1. The van der Waals surface area contributed by atoms with Gasteiger partial charge in [0.2, 0.25) is 5.91 Å². The molecule has 1 aromatic carbocycles. The number of amides is 3. The van der Waals surface area contributed by atoms with Gasteiger partial charge in [-0.15, -0.1) is 11.3 Å². The van der Waals surface area contributed by atoms with E-state index in [-0.39, 0.29) is 11.9 Å². The molecule has 0 saturated carbocycles. The van der Waals surface area contributed by atoms with E-state index in [4.69, 9.17) is 4.98 Å². The maximum atomic E-state index is 11.7. The van der Waals surface area contributed by atoms with E-state index >= 15 is 0 Å². The quantitative estimate of drug-likeness (QED) is 0.880. The maximum absolute atomic E-state index is 11.7. The van der Waals surface area contributed by atoms with Gasteiger partial charge in [-0.1, -0.05) is 6.07 Å². The van der Waals surface area contributed by atoms with Gasteiger partial charge in [0.25, 0.3) is 0 Å². The smallest absolute Gasteiger partial charge is 0.321 e. The number of carbonyl (C=O) groups excluding carboxylic acids is 2. The van der Waals surface area contributed by atoms with Crippen molar-refractivity contribution in [3.63, 3.8) is 0 Å². The predicted octanol–water partition coefficient (Wildman–Crippen LogP) is 3.51. The summed E-state index contributed by atoms with van der Waals surface area (Å²) in [5, 5.41) is 6.09. The first kappa shape index (κ1) is 17.0. The molecule has 3 amide bonds. The van der Waals surface area contributed by atoms with E-state index in [9.17, 15) is 9.59 Å². The molecule has 6 nitrogen and oxygen atoms in total. The monoisotopic (exact) mass is 370 g/mol. The van der Waals surface area contributed by atoms with Gasteiger partial charge in [0, 0.05) is 56.2 Å². The SMILES string of the molecule is CC(=O)N1CCCC(c2nc(-c3ccc4c(c3)CN(C)C(=O)N4)cs2)C1. The fourth-order valence-corrected chi connectivity index (χ4v) is 4.57. The minimum atomic E-state index is -0.0754. The first-order valence-corrected chi connectivity index (χ1v) is 9.75. The van der Waals surface area contributed by atoms with E-state index in [0.29, 0.717) is 12.5 Å². The number of nitrogens with zero attached hydrogens (tertiary/aromatic N) is 3. The summed E-state index contributed by atoms with van der Waals surface area (Å²) >= 11 is 1.67. The van der Waals surface area contributed by atoms with Gasteiger partial charge in [-0.05, 0) is 30.5 Å². The molecule has 136 valence electrons. The molecule has 0 radical (unpaired) electrons. The van der Waals surface area contributed by atoms with E-state index < -0.39 is 0 Å². The summed E-state index contributed by atoms with van der Waals surface area (Å²) in [7, 11) is 1.79. The molecular weight excluding hydrogens is 348 g/mol. The Kier molecular flexibility index (Phi) is 4.40. The fourth-order valence-electron chi connectivity index (χ4n) is 3.62. The summed E-state index contributed by atoms with van der Waals surface area (Å²) in [6.45, 7) is 3.86. The van der Waals surface area contributed by atoms with Crippen LogP contribution in [-0.4, -0.2) is 46.9 Å². The third kappa shape index (κ3) is 3.19. The van der Waals surface area contributed by atoms with Crippen LogP contribution in [0.1, 0.15) is 36.3 Å². The number of fused-ring (bicyclic) bond motifs is 1. The lowest BCUT2D eigenvalue weighted by atomic mass is 9.98. The number of benzene rings is 1. The zero-order chi connectivity index (χ0) is 18.3. The third-order valence-corrected chi connectivity index (χ3v) is 6.14. The van der Waals surface area contributed by atoms with Crippen LogP contribution in [0.15, 0.2) is 23.6 Å². The molecule has 2 aromatic rings. The molecule has 1 aromatic heterocycles. The number of nitrogens with one attached hydrogen (secondary N) is 1. The van der Waals surface area contributed by atoms with Crippen LogP contribution in [0.25, 0.3) is 11.3 Å². The Morgan fingerprint density at radius 1 is 1.38 bits per heavy atom. The van der Waals surface area contributed by atoms with Crippen molar-refractivity contribution in [3.05, 3.63) is 34.2 Å². The van der Waals surface area contributed by atoms with Gasteiger partial charge < -0.3 is 15.1 Å². The minimum Gasteiger partial charge on any atom is -0.342 e. The van der Waals surface area contributed by atoms with Gasteiger partial charge >= 0.3 is 6.03 Å². The first-order valence-electron chi connectivity index (χ1n) is 8.87. The molecule has 1 saturated heterocycles. The van der Waals surface area contributed by atoms with Gasteiger partial charge in [0.1, 0.15) is 0 Å². The second-order valence-corrected chi connectivity index (χ2v) is 7.92. The van der Waals surface area contributed by atoms with Gasteiger partial charge in [0.15, 0.2) is 0 Å². The highest BCUT2D eigenvalue weighted by Crippen LogP contribution is 2.34. The maximum Gasteiger partial charge on any atom is 0.321 e. The Labute approximate surface area is 156 Å². The van der Waals surface area contributed by atoms with Gasteiger partial charge in [-0.3, -0.25) is 4.79 Å². The van der Waals surface area contributed by atoms with Crippen LogP contribution in [0, 0.1) is 0 Å². The van der Waals surface area contributed by atoms with Crippen LogP contribution in [0.2, 0.25) is 0 Å². The highest BCUT2D eigenvalue weighted by molar-refractivity contribution is 7.10. The van der Waals surface area contributed by atoms with E-state index in [2.05, 4.69) is 16.8 Å². The first-order chi connectivity index (χ1) is 12.5. The molecule has 1 unspecified atom stereocenters. The molecule has 1 atom stereocenters. The number of piperidine rings is 1. The molecule has 3 heterocycles. The number of anilines is 1. The largest absolute Gasteiger partial charge is 0.342 e. The Bertz CT molecular complexity index is 863. The number of hydrogen-bond acceptors (Lipinski definition) is 4. The molecule has 0 bridgehead atoms. The Hall–Kier alpha value is -2.41. The summed E-state index contributed by atoms with van der Waals surface area (Å²) in [5.41, 5.74) is 4.00. The van der Waals surface area contributed by atoms with E-state index in [1.54, 1.807) is 30.2 Å².